The zero-order valence-electron chi connectivity index (χ0n) is 16.8. The Hall–Kier alpha value is -3.89. The highest BCUT2D eigenvalue weighted by Crippen LogP contribution is 2.36. The second-order valence-electron chi connectivity index (χ2n) is 7.18. The molecule has 0 atom stereocenters. The number of nitrogens with one attached hydrogen (secondary N) is 1. The molecule has 5 nitrogen and oxygen atoms in total. The Labute approximate surface area is 182 Å². The van der Waals surface area contributed by atoms with Crippen LogP contribution in [0.4, 0.5) is 32.0 Å². The number of hydrogen-bond acceptors (Lipinski definition) is 3. The summed E-state index contributed by atoms with van der Waals surface area (Å²) in [5, 5.41) is 5.72. The van der Waals surface area contributed by atoms with Gasteiger partial charge in [-0.2, -0.15) is 31.4 Å². The predicted octanol–water partition coefficient (Wildman–Crippen LogP) is 5.99. The highest BCUT2D eigenvalue weighted by molar-refractivity contribution is 6.08. The van der Waals surface area contributed by atoms with Gasteiger partial charge in [0.25, 0.3) is 5.91 Å². The number of alkyl halides is 6. The number of para-hydroxylation sites is 1. The van der Waals surface area contributed by atoms with Crippen LogP contribution in [0.25, 0.3) is 16.9 Å². The molecule has 0 bridgehead atoms. The number of nitrogens with zero attached hydrogens (tertiary/aromatic N) is 3. The molecule has 11 heteroatoms. The molecule has 33 heavy (non-hydrogen) atoms. The Morgan fingerprint density at radius 1 is 0.939 bits per heavy atom. The number of fused-ring (bicyclic) bond motifs is 1. The summed E-state index contributed by atoms with van der Waals surface area (Å²) in [5.74, 6) is -1.08. The maximum absolute atomic E-state index is 13.7. The topological polar surface area (TPSA) is 59.3 Å². The number of carbonyl (C=O) groups is 1. The zero-order valence-corrected chi connectivity index (χ0v) is 16.8. The van der Waals surface area contributed by atoms with Gasteiger partial charge in [-0.1, -0.05) is 42.0 Å². The van der Waals surface area contributed by atoms with Gasteiger partial charge >= 0.3 is 12.4 Å². The molecule has 2 aromatic carbocycles. The quantitative estimate of drug-likeness (QED) is 0.379. The third-order valence-corrected chi connectivity index (χ3v) is 4.83. The number of amides is 1. The lowest BCUT2D eigenvalue weighted by Gasteiger charge is -2.14. The van der Waals surface area contributed by atoms with Gasteiger partial charge in [-0.3, -0.25) is 4.79 Å². The molecule has 0 radical (unpaired) electrons. The fraction of sp³-hybridized carbons (Fsp3) is 0.136. The van der Waals surface area contributed by atoms with Crippen LogP contribution < -0.4 is 5.32 Å². The number of anilines is 1. The van der Waals surface area contributed by atoms with E-state index in [1.165, 1.54) is 6.07 Å². The average molecular weight is 464 g/mol. The van der Waals surface area contributed by atoms with E-state index in [-0.39, 0.29) is 5.69 Å². The number of rotatable bonds is 3. The van der Waals surface area contributed by atoms with E-state index < -0.39 is 46.4 Å². The Balaban J connectivity index is 1.83. The van der Waals surface area contributed by atoms with Crippen LogP contribution in [0.15, 0.2) is 60.8 Å². The van der Waals surface area contributed by atoms with Crippen LogP contribution in [0.5, 0.6) is 0 Å². The maximum Gasteiger partial charge on any atom is 0.433 e. The first-order valence-corrected chi connectivity index (χ1v) is 9.46. The normalized spacial score (nSPS) is 12.2. The van der Waals surface area contributed by atoms with Gasteiger partial charge < -0.3 is 5.32 Å². The van der Waals surface area contributed by atoms with Gasteiger partial charge in [0.15, 0.2) is 11.3 Å². The molecule has 0 spiro atoms. The molecule has 0 aliphatic carbocycles. The van der Waals surface area contributed by atoms with E-state index >= 15 is 0 Å². The minimum Gasteiger partial charge on any atom is -0.321 e. The van der Waals surface area contributed by atoms with Crippen molar-refractivity contribution in [2.24, 2.45) is 0 Å². The lowest BCUT2D eigenvalue weighted by Crippen LogP contribution is -2.17. The Morgan fingerprint density at radius 2 is 1.61 bits per heavy atom. The van der Waals surface area contributed by atoms with Crippen molar-refractivity contribution in [1.82, 2.24) is 14.6 Å². The molecule has 2 aromatic heterocycles. The van der Waals surface area contributed by atoms with Crippen molar-refractivity contribution in [2.75, 3.05) is 5.32 Å². The van der Waals surface area contributed by atoms with Gasteiger partial charge in [-0.15, -0.1) is 0 Å². The average Bonchev–Trinajstić information content (AvgIpc) is 3.16. The summed E-state index contributed by atoms with van der Waals surface area (Å²) >= 11 is 0. The molecule has 0 saturated carbocycles. The Kier molecular flexibility index (Phi) is 5.35. The number of aromatic nitrogens is 3. The summed E-state index contributed by atoms with van der Waals surface area (Å²) in [6, 6.07) is 11.6. The molecular formula is C22H14F6N4O. The largest absolute Gasteiger partial charge is 0.433 e. The van der Waals surface area contributed by atoms with Crippen LogP contribution in [-0.4, -0.2) is 20.5 Å². The summed E-state index contributed by atoms with van der Waals surface area (Å²) in [5.41, 5.74) is -2.50. The molecule has 1 N–H and O–H groups in total. The fourth-order valence-corrected chi connectivity index (χ4v) is 3.23. The fourth-order valence-electron chi connectivity index (χ4n) is 3.23. The van der Waals surface area contributed by atoms with E-state index in [0.29, 0.717) is 10.1 Å². The molecule has 0 aliphatic heterocycles. The number of hydrogen-bond donors (Lipinski definition) is 1. The van der Waals surface area contributed by atoms with E-state index in [9.17, 15) is 31.1 Å². The molecule has 0 saturated heterocycles. The molecule has 0 aliphatic rings. The van der Waals surface area contributed by atoms with Crippen LogP contribution in [0.3, 0.4) is 0 Å². The van der Waals surface area contributed by atoms with Gasteiger partial charge in [-0.25, -0.2) is 9.50 Å². The molecule has 2 heterocycles. The maximum atomic E-state index is 13.7. The highest BCUT2D eigenvalue weighted by atomic mass is 19.4. The molecule has 4 aromatic rings. The van der Waals surface area contributed by atoms with Gasteiger partial charge in [0.1, 0.15) is 5.56 Å². The van der Waals surface area contributed by atoms with Crippen LogP contribution in [0, 0.1) is 6.92 Å². The van der Waals surface area contributed by atoms with E-state index in [4.69, 9.17) is 0 Å². The minimum absolute atomic E-state index is 0.0694. The van der Waals surface area contributed by atoms with Crippen molar-refractivity contribution in [3.8, 4) is 11.3 Å². The number of carbonyl (C=O) groups excluding carboxylic acids is 1. The zero-order chi connectivity index (χ0) is 24.0. The van der Waals surface area contributed by atoms with Crippen LogP contribution >= 0.6 is 0 Å². The smallest absolute Gasteiger partial charge is 0.321 e. The van der Waals surface area contributed by atoms with E-state index in [2.05, 4.69) is 15.4 Å². The SMILES string of the molecule is Cc1ccc(-c2cc(C(F)(F)F)n3ncc(C(=O)Nc4ccccc4C(F)(F)F)c3n2)cc1. The van der Waals surface area contributed by atoms with E-state index in [0.717, 1.165) is 36.0 Å². The third kappa shape index (κ3) is 4.38. The summed E-state index contributed by atoms with van der Waals surface area (Å²) in [7, 11) is 0. The van der Waals surface area contributed by atoms with Crippen LogP contribution in [0.2, 0.25) is 0 Å². The van der Waals surface area contributed by atoms with Gasteiger partial charge in [-0.05, 0) is 25.1 Å². The molecule has 0 fully saturated rings. The van der Waals surface area contributed by atoms with Crippen LogP contribution in [0.1, 0.15) is 27.2 Å². The monoisotopic (exact) mass is 464 g/mol. The third-order valence-electron chi connectivity index (χ3n) is 4.83. The Bertz CT molecular complexity index is 1340. The second kappa shape index (κ2) is 7.91. The number of aryl methyl sites for hydroxylation is 1. The molecular weight excluding hydrogens is 450 g/mol. The number of benzene rings is 2. The summed E-state index contributed by atoms with van der Waals surface area (Å²) < 4.78 is 81.3. The van der Waals surface area contributed by atoms with Crippen LogP contribution in [-0.2, 0) is 12.4 Å². The molecule has 4 rings (SSSR count). The van der Waals surface area contributed by atoms with Gasteiger partial charge in [0, 0.05) is 5.56 Å². The summed E-state index contributed by atoms with van der Waals surface area (Å²) in [4.78, 5) is 16.9. The first kappa shape index (κ1) is 22.3. The highest BCUT2D eigenvalue weighted by Gasteiger charge is 2.37. The summed E-state index contributed by atoms with van der Waals surface area (Å²) in [6.07, 6.45) is -8.74. The first-order chi connectivity index (χ1) is 15.4. The first-order valence-electron chi connectivity index (χ1n) is 9.46. The van der Waals surface area contributed by atoms with Gasteiger partial charge in [0.2, 0.25) is 0 Å². The van der Waals surface area contributed by atoms with Crippen molar-refractivity contribution in [1.29, 1.82) is 0 Å². The van der Waals surface area contributed by atoms with Gasteiger partial charge in [0.05, 0.1) is 23.1 Å². The molecule has 0 unspecified atom stereocenters. The van der Waals surface area contributed by atoms with Crippen molar-refractivity contribution in [2.45, 2.75) is 19.3 Å². The lowest BCUT2D eigenvalue weighted by atomic mass is 10.1. The van der Waals surface area contributed by atoms with Crippen molar-refractivity contribution in [3.05, 3.63) is 83.2 Å². The van der Waals surface area contributed by atoms with Crippen molar-refractivity contribution in [3.63, 3.8) is 0 Å². The minimum atomic E-state index is -4.83. The van der Waals surface area contributed by atoms with E-state index in [1.807, 2.05) is 0 Å². The van der Waals surface area contributed by atoms with Crippen molar-refractivity contribution >= 4 is 17.2 Å². The summed E-state index contributed by atoms with van der Waals surface area (Å²) in [6.45, 7) is 1.81. The standard InChI is InChI=1S/C22H14F6N4O/c1-12-6-8-13(9-7-12)17-10-18(22(26,27)28)32-19(30-17)14(11-29-32)20(33)31-16-5-3-2-4-15(16)21(23,24)25/h2-11H,1H3,(H,31,33). The Morgan fingerprint density at radius 3 is 2.24 bits per heavy atom. The van der Waals surface area contributed by atoms with Crippen molar-refractivity contribution < 1.29 is 31.1 Å². The van der Waals surface area contributed by atoms with E-state index in [1.54, 1.807) is 31.2 Å². The number of halogens is 6. The molecule has 170 valence electrons. The second-order valence-corrected chi connectivity index (χ2v) is 7.18. The molecule has 1 amide bonds. The predicted molar refractivity (Wildman–Crippen MR) is 108 cm³/mol. The lowest BCUT2D eigenvalue weighted by molar-refractivity contribution is -0.142.